The third-order valence-corrected chi connectivity index (χ3v) is 3.45. The van der Waals surface area contributed by atoms with E-state index in [0.29, 0.717) is 0 Å². The number of aromatic amines is 1. The van der Waals surface area contributed by atoms with Crippen LogP contribution in [0.25, 0.3) is 10.9 Å². The molecule has 2 amide bonds. The van der Waals surface area contributed by atoms with Crippen molar-refractivity contribution in [2.24, 2.45) is 0 Å². The van der Waals surface area contributed by atoms with E-state index >= 15 is 0 Å². The molecule has 1 heterocycles. The normalized spacial score (nSPS) is 14.2. The highest BCUT2D eigenvalue weighted by Crippen LogP contribution is 2.27. The van der Waals surface area contributed by atoms with E-state index in [9.17, 15) is 4.79 Å². The molecule has 0 aliphatic rings. The molecule has 1 aromatic carbocycles. The number of hydrogen-bond donors (Lipinski definition) is 3. The van der Waals surface area contributed by atoms with Crippen LogP contribution in [0, 0.1) is 0 Å². The molecule has 3 N–H and O–H groups in total. The average Bonchev–Trinajstić information content (AvgIpc) is 2.81. The standard InChI is InChI=1S/C14H19N3O/c1-9(10(2)17-14(18)15-3)12-8-16-13-7-5-4-6-11(12)13/h4-10,16H,1-3H3,(H2,15,17,18)/t9-,10-/m0/s1. The fraction of sp³-hybridized carbons (Fsp3) is 0.357. The highest BCUT2D eigenvalue weighted by molar-refractivity contribution is 5.83. The lowest BCUT2D eigenvalue weighted by Gasteiger charge is -2.20. The van der Waals surface area contributed by atoms with Crippen molar-refractivity contribution in [3.63, 3.8) is 0 Å². The van der Waals surface area contributed by atoms with Gasteiger partial charge in [-0.3, -0.25) is 0 Å². The van der Waals surface area contributed by atoms with Crippen molar-refractivity contribution >= 4 is 16.9 Å². The average molecular weight is 245 g/mol. The first-order valence-electron chi connectivity index (χ1n) is 6.17. The molecule has 1 aromatic heterocycles. The molecule has 0 unspecified atom stereocenters. The van der Waals surface area contributed by atoms with Gasteiger partial charge < -0.3 is 15.6 Å². The van der Waals surface area contributed by atoms with Gasteiger partial charge in [-0.2, -0.15) is 0 Å². The highest BCUT2D eigenvalue weighted by Gasteiger charge is 2.18. The Morgan fingerprint density at radius 3 is 2.72 bits per heavy atom. The quantitative estimate of drug-likeness (QED) is 0.765. The molecule has 4 nitrogen and oxygen atoms in total. The maximum Gasteiger partial charge on any atom is 0.314 e. The van der Waals surface area contributed by atoms with Gasteiger partial charge in [0.1, 0.15) is 0 Å². The van der Waals surface area contributed by atoms with Gasteiger partial charge in [-0.05, 0) is 18.6 Å². The van der Waals surface area contributed by atoms with E-state index in [1.807, 2.05) is 25.3 Å². The van der Waals surface area contributed by atoms with Crippen LogP contribution in [0.1, 0.15) is 25.3 Å². The summed E-state index contributed by atoms with van der Waals surface area (Å²) in [5, 5.41) is 6.71. The van der Waals surface area contributed by atoms with Crippen LogP contribution < -0.4 is 10.6 Å². The molecule has 2 aromatic rings. The van der Waals surface area contributed by atoms with Gasteiger partial charge in [0.2, 0.25) is 0 Å². The number of fused-ring (bicyclic) bond motifs is 1. The van der Waals surface area contributed by atoms with E-state index in [1.54, 1.807) is 7.05 Å². The van der Waals surface area contributed by atoms with Crippen LogP contribution in [0.2, 0.25) is 0 Å². The van der Waals surface area contributed by atoms with Crippen molar-refractivity contribution in [2.45, 2.75) is 25.8 Å². The zero-order valence-electron chi connectivity index (χ0n) is 10.9. The molecule has 18 heavy (non-hydrogen) atoms. The van der Waals surface area contributed by atoms with Crippen molar-refractivity contribution in [1.29, 1.82) is 0 Å². The van der Waals surface area contributed by atoms with E-state index < -0.39 is 0 Å². The predicted octanol–water partition coefficient (Wildman–Crippen LogP) is 2.59. The molecule has 4 heteroatoms. The van der Waals surface area contributed by atoms with Crippen molar-refractivity contribution in [2.75, 3.05) is 7.05 Å². The molecule has 0 saturated heterocycles. The first-order valence-corrected chi connectivity index (χ1v) is 6.17. The Labute approximate surface area is 107 Å². The van der Waals surface area contributed by atoms with Crippen molar-refractivity contribution in [1.82, 2.24) is 15.6 Å². The van der Waals surface area contributed by atoms with Crippen LogP contribution in [-0.4, -0.2) is 24.1 Å². The largest absolute Gasteiger partial charge is 0.361 e. The van der Waals surface area contributed by atoms with Crippen molar-refractivity contribution < 1.29 is 4.79 Å². The third kappa shape index (κ3) is 2.32. The Balaban J connectivity index is 2.22. The van der Waals surface area contributed by atoms with Gasteiger partial charge in [0.15, 0.2) is 0 Å². The van der Waals surface area contributed by atoms with Crippen LogP contribution in [0.3, 0.4) is 0 Å². The minimum atomic E-state index is -0.144. The Morgan fingerprint density at radius 1 is 1.28 bits per heavy atom. The van der Waals surface area contributed by atoms with Gasteiger partial charge >= 0.3 is 6.03 Å². The molecule has 0 aliphatic carbocycles. The number of carbonyl (C=O) groups is 1. The van der Waals surface area contributed by atoms with Crippen LogP contribution in [0.5, 0.6) is 0 Å². The summed E-state index contributed by atoms with van der Waals surface area (Å²) >= 11 is 0. The zero-order chi connectivity index (χ0) is 13.1. The lowest BCUT2D eigenvalue weighted by atomic mass is 9.94. The second-order valence-electron chi connectivity index (χ2n) is 4.59. The van der Waals surface area contributed by atoms with E-state index in [1.165, 1.54) is 10.9 Å². The Bertz CT molecular complexity index is 547. The minimum Gasteiger partial charge on any atom is -0.361 e. The number of rotatable bonds is 3. The van der Waals surface area contributed by atoms with Crippen LogP contribution in [0.4, 0.5) is 4.79 Å². The Kier molecular flexibility index (Phi) is 3.55. The van der Waals surface area contributed by atoms with E-state index in [-0.39, 0.29) is 18.0 Å². The number of amides is 2. The first kappa shape index (κ1) is 12.5. The Morgan fingerprint density at radius 2 is 2.00 bits per heavy atom. The molecule has 0 saturated carbocycles. The van der Waals surface area contributed by atoms with Gasteiger partial charge in [-0.15, -0.1) is 0 Å². The fourth-order valence-corrected chi connectivity index (χ4v) is 2.14. The molecule has 2 rings (SSSR count). The summed E-state index contributed by atoms with van der Waals surface area (Å²) in [6.45, 7) is 4.14. The number of hydrogen-bond acceptors (Lipinski definition) is 1. The summed E-state index contributed by atoms with van der Waals surface area (Å²) in [6.07, 6.45) is 2.03. The number of aromatic nitrogens is 1. The summed E-state index contributed by atoms with van der Waals surface area (Å²) in [5.74, 6) is 0.249. The van der Waals surface area contributed by atoms with E-state index in [0.717, 1.165) is 5.52 Å². The highest BCUT2D eigenvalue weighted by atomic mass is 16.2. The van der Waals surface area contributed by atoms with Crippen LogP contribution in [0.15, 0.2) is 30.5 Å². The van der Waals surface area contributed by atoms with Gasteiger partial charge in [0.05, 0.1) is 0 Å². The molecular formula is C14H19N3O. The van der Waals surface area contributed by atoms with Gasteiger partial charge in [-0.1, -0.05) is 25.1 Å². The van der Waals surface area contributed by atoms with Gasteiger partial charge in [0.25, 0.3) is 0 Å². The predicted molar refractivity (Wildman–Crippen MR) is 73.8 cm³/mol. The number of nitrogens with one attached hydrogen (secondary N) is 3. The summed E-state index contributed by atoms with van der Waals surface area (Å²) in [7, 11) is 1.62. The number of para-hydroxylation sites is 1. The second-order valence-corrected chi connectivity index (χ2v) is 4.59. The molecule has 0 fully saturated rings. The topological polar surface area (TPSA) is 56.9 Å². The van der Waals surface area contributed by atoms with Crippen LogP contribution in [-0.2, 0) is 0 Å². The summed E-state index contributed by atoms with van der Waals surface area (Å²) < 4.78 is 0. The monoisotopic (exact) mass is 245 g/mol. The maximum absolute atomic E-state index is 11.3. The van der Waals surface area contributed by atoms with E-state index in [2.05, 4.69) is 34.7 Å². The lowest BCUT2D eigenvalue weighted by molar-refractivity contribution is 0.238. The number of carbonyl (C=O) groups excluding carboxylic acids is 1. The summed E-state index contributed by atoms with van der Waals surface area (Å²) in [4.78, 5) is 14.6. The summed E-state index contributed by atoms with van der Waals surface area (Å²) in [5.41, 5.74) is 2.36. The van der Waals surface area contributed by atoms with Gasteiger partial charge in [0, 0.05) is 36.1 Å². The number of benzene rings is 1. The molecular weight excluding hydrogens is 226 g/mol. The fourth-order valence-electron chi connectivity index (χ4n) is 2.14. The smallest absolute Gasteiger partial charge is 0.314 e. The molecule has 0 aliphatic heterocycles. The molecule has 96 valence electrons. The molecule has 0 spiro atoms. The lowest BCUT2D eigenvalue weighted by Crippen LogP contribution is -2.41. The zero-order valence-corrected chi connectivity index (χ0v) is 10.9. The minimum absolute atomic E-state index is 0.0733. The number of urea groups is 1. The third-order valence-electron chi connectivity index (χ3n) is 3.45. The molecule has 0 bridgehead atoms. The summed E-state index contributed by atoms with van der Waals surface area (Å²) in [6, 6.07) is 8.13. The van der Waals surface area contributed by atoms with Crippen LogP contribution >= 0.6 is 0 Å². The SMILES string of the molecule is CNC(=O)N[C@@H](C)[C@H](C)c1c[nH]c2ccccc12. The molecule has 0 radical (unpaired) electrons. The van der Waals surface area contributed by atoms with Crippen molar-refractivity contribution in [3.8, 4) is 0 Å². The first-order chi connectivity index (χ1) is 8.63. The Hall–Kier alpha value is -1.97. The van der Waals surface area contributed by atoms with Crippen molar-refractivity contribution in [3.05, 3.63) is 36.0 Å². The maximum atomic E-state index is 11.3. The van der Waals surface area contributed by atoms with E-state index in [4.69, 9.17) is 0 Å². The number of H-pyrrole nitrogens is 1. The molecule has 2 atom stereocenters. The van der Waals surface area contributed by atoms with Gasteiger partial charge in [-0.25, -0.2) is 4.79 Å². The second kappa shape index (κ2) is 5.12.